The first-order chi connectivity index (χ1) is 6.49. The maximum absolute atomic E-state index is 10.6. The third kappa shape index (κ3) is 2.10. The van der Waals surface area contributed by atoms with Crippen molar-refractivity contribution in [1.29, 1.82) is 0 Å². The summed E-state index contributed by atoms with van der Waals surface area (Å²) < 4.78 is 4.89. The molecular weight excluding hydrogens is 202 g/mol. The fourth-order valence-corrected chi connectivity index (χ4v) is 1.70. The van der Waals surface area contributed by atoms with Crippen molar-refractivity contribution in [2.75, 3.05) is 5.88 Å². The van der Waals surface area contributed by atoms with Crippen LogP contribution in [0.3, 0.4) is 0 Å². The highest BCUT2D eigenvalue weighted by atomic mass is 35.5. The molecule has 0 aromatic heterocycles. The van der Waals surface area contributed by atoms with Crippen LogP contribution in [-0.4, -0.2) is 12.0 Å². The number of rotatable bonds is 2. The molecule has 0 aromatic carbocycles. The van der Waals surface area contributed by atoms with E-state index >= 15 is 0 Å². The van der Waals surface area contributed by atoms with Crippen LogP contribution in [0.2, 0.25) is 0 Å². The molecule has 1 aliphatic rings. The number of hydrogen-bond acceptors (Lipinski definition) is 2. The Labute approximate surface area is 88.6 Å². The molecule has 0 heterocycles. The molecule has 0 saturated carbocycles. The zero-order chi connectivity index (χ0) is 10.8. The summed E-state index contributed by atoms with van der Waals surface area (Å²) in [6, 6.07) is 0. The molecule has 1 aliphatic carbocycles. The van der Waals surface area contributed by atoms with E-state index in [1.807, 2.05) is 26.0 Å². The second kappa shape index (κ2) is 4.05. The predicted molar refractivity (Wildman–Crippen MR) is 55.9 cm³/mol. The number of primary amides is 1. The third-order valence-corrected chi connectivity index (χ3v) is 3.24. The van der Waals surface area contributed by atoms with E-state index in [0.29, 0.717) is 11.6 Å². The van der Waals surface area contributed by atoms with Gasteiger partial charge in [0.2, 0.25) is 0 Å². The molecule has 0 spiro atoms. The fourth-order valence-electron chi connectivity index (χ4n) is 1.38. The van der Waals surface area contributed by atoms with Crippen molar-refractivity contribution in [2.45, 2.75) is 13.8 Å². The van der Waals surface area contributed by atoms with Crippen LogP contribution in [0, 0.1) is 11.3 Å². The van der Waals surface area contributed by atoms with Crippen LogP contribution in [0.1, 0.15) is 13.8 Å². The zero-order valence-corrected chi connectivity index (χ0v) is 9.04. The number of halogens is 1. The Kier molecular flexibility index (Phi) is 3.21. The monoisotopic (exact) mass is 215 g/mol. The van der Waals surface area contributed by atoms with Gasteiger partial charge in [-0.25, -0.2) is 4.79 Å². The molecule has 1 amide bonds. The zero-order valence-electron chi connectivity index (χ0n) is 8.29. The lowest BCUT2D eigenvalue weighted by Crippen LogP contribution is -2.30. The molecule has 2 atom stereocenters. The molecule has 3 nitrogen and oxygen atoms in total. The number of allylic oxidation sites excluding steroid dienone is 4. The third-order valence-electron chi connectivity index (χ3n) is 2.66. The van der Waals surface area contributed by atoms with Gasteiger partial charge in [0, 0.05) is 17.2 Å². The molecule has 0 saturated heterocycles. The molecule has 2 N–H and O–H groups in total. The largest absolute Gasteiger partial charge is 0.415 e. The maximum Gasteiger partial charge on any atom is 0.409 e. The van der Waals surface area contributed by atoms with E-state index in [0.717, 1.165) is 0 Å². The van der Waals surface area contributed by atoms with Gasteiger partial charge in [0.05, 0.1) is 0 Å². The smallest absolute Gasteiger partial charge is 0.409 e. The Bertz CT molecular complexity index is 298. The molecule has 1 rings (SSSR count). The first-order valence-electron chi connectivity index (χ1n) is 4.42. The Balaban J connectivity index is 2.84. The van der Waals surface area contributed by atoms with Gasteiger partial charge in [-0.2, -0.15) is 0 Å². The van der Waals surface area contributed by atoms with E-state index in [4.69, 9.17) is 22.1 Å². The van der Waals surface area contributed by atoms with E-state index in [2.05, 4.69) is 0 Å². The van der Waals surface area contributed by atoms with Crippen molar-refractivity contribution in [3.8, 4) is 0 Å². The van der Waals surface area contributed by atoms with Gasteiger partial charge in [-0.15, -0.1) is 11.6 Å². The van der Waals surface area contributed by atoms with Crippen molar-refractivity contribution >= 4 is 17.7 Å². The molecule has 0 aliphatic heterocycles. The van der Waals surface area contributed by atoms with Gasteiger partial charge >= 0.3 is 6.09 Å². The number of amides is 1. The van der Waals surface area contributed by atoms with Crippen molar-refractivity contribution in [2.24, 2.45) is 17.1 Å². The summed E-state index contributed by atoms with van der Waals surface area (Å²) in [4.78, 5) is 10.6. The van der Waals surface area contributed by atoms with Crippen molar-refractivity contribution in [3.05, 3.63) is 24.0 Å². The Morgan fingerprint density at radius 2 is 2.43 bits per heavy atom. The summed E-state index contributed by atoms with van der Waals surface area (Å²) in [5, 5.41) is 0. The maximum atomic E-state index is 10.6. The minimum Gasteiger partial charge on any atom is -0.415 e. The van der Waals surface area contributed by atoms with E-state index in [9.17, 15) is 4.79 Å². The highest BCUT2D eigenvalue weighted by Gasteiger charge is 2.33. The number of hydrogen-bond donors (Lipinski definition) is 1. The summed E-state index contributed by atoms with van der Waals surface area (Å²) in [6.07, 6.45) is 4.80. The first kappa shape index (κ1) is 11.1. The summed E-state index contributed by atoms with van der Waals surface area (Å²) in [5.74, 6) is 1.10. The van der Waals surface area contributed by atoms with Crippen LogP contribution in [0.15, 0.2) is 24.0 Å². The lowest BCUT2D eigenvalue weighted by Gasteiger charge is -2.33. The van der Waals surface area contributed by atoms with Crippen LogP contribution in [0.5, 0.6) is 0 Å². The summed E-state index contributed by atoms with van der Waals surface area (Å²) in [6.45, 7) is 3.97. The molecule has 4 heteroatoms. The van der Waals surface area contributed by atoms with Gasteiger partial charge in [-0.3, -0.25) is 0 Å². The van der Waals surface area contributed by atoms with E-state index in [-0.39, 0.29) is 11.3 Å². The standard InChI is InChI=1S/C10H14ClNO2/c1-7-8(14-9(12)13)4-3-5-10(7,2)6-11/h3-5,7H,6H2,1-2H3,(H2,12,13). The minimum atomic E-state index is -0.782. The number of carbonyl (C=O) groups excluding carboxylic acids is 1. The van der Waals surface area contributed by atoms with Crippen LogP contribution in [0.4, 0.5) is 4.79 Å². The van der Waals surface area contributed by atoms with Gasteiger partial charge < -0.3 is 10.5 Å². The lowest BCUT2D eigenvalue weighted by atomic mass is 9.76. The average molecular weight is 216 g/mol. The van der Waals surface area contributed by atoms with Gasteiger partial charge in [-0.05, 0) is 6.08 Å². The van der Waals surface area contributed by atoms with Crippen LogP contribution >= 0.6 is 11.6 Å². The normalized spacial score (nSPS) is 31.1. The SMILES string of the molecule is CC1C(OC(N)=O)=CC=CC1(C)CCl. The van der Waals surface area contributed by atoms with Crippen LogP contribution < -0.4 is 5.73 Å². The van der Waals surface area contributed by atoms with Crippen LogP contribution in [0.25, 0.3) is 0 Å². The van der Waals surface area contributed by atoms with Crippen molar-refractivity contribution in [3.63, 3.8) is 0 Å². The van der Waals surface area contributed by atoms with Crippen molar-refractivity contribution < 1.29 is 9.53 Å². The topological polar surface area (TPSA) is 52.3 Å². The lowest BCUT2D eigenvalue weighted by molar-refractivity contribution is 0.160. The van der Waals surface area contributed by atoms with E-state index in [1.165, 1.54) is 0 Å². The molecule has 78 valence electrons. The Hall–Kier alpha value is -0.960. The first-order valence-corrected chi connectivity index (χ1v) is 4.96. The second-order valence-electron chi connectivity index (χ2n) is 3.71. The Morgan fingerprint density at radius 1 is 1.79 bits per heavy atom. The molecular formula is C10H14ClNO2. The average Bonchev–Trinajstić information content (AvgIpc) is 2.12. The highest BCUT2D eigenvalue weighted by molar-refractivity contribution is 6.18. The van der Waals surface area contributed by atoms with Gasteiger partial charge in [0.25, 0.3) is 0 Å². The molecule has 0 radical (unpaired) electrons. The second-order valence-corrected chi connectivity index (χ2v) is 3.98. The highest BCUT2D eigenvalue weighted by Crippen LogP contribution is 2.38. The summed E-state index contributed by atoms with van der Waals surface area (Å²) in [5.41, 5.74) is 4.78. The number of nitrogens with two attached hydrogens (primary N) is 1. The molecule has 2 unspecified atom stereocenters. The Morgan fingerprint density at radius 3 is 2.93 bits per heavy atom. The molecule has 0 aromatic rings. The number of alkyl halides is 1. The van der Waals surface area contributed by atoms with E-state index in [1.54, 1.807) is 6.08 Å². The number of carbonyl (C=O) groups is 1. The van der Waals surface area contributed by atoms with Gasteiger partial charge in [-0.1, -0.05) is 26.0 Å². The van der Waals surface area contributed by atoms with E-state index < -0.39 is 6.09 Å². The van der Waals surface area contributed by atoms with Gasteiger partial charge in [0.15, 0.2) is 0 Å². The quantitative estimate of drug-likeness (QED) is 0.720. The summed E-state index contributed by atoms with van der Waals surface area (Å²) >= 11 is 5.87. The van der Waals surface area contributed by atoms with Crippen LogP contribution in [-0.2, 0) is 4.74 Å². The minimum absolute atomic E-state index is 0.0532. The molecule has 0 bridgehead atoms. The molecule has 0 fully saturated rings. The fraction of sp³-hybridized carbons (Fsp3) is 0.500. The summed E-state index contributed by atoms with van der Waals surface area (Å²) in [7, 11) is 0. The predicted octanol–water partition coefficient (Wildman–Crippen LogP) is 2.42. The van der Waals surface area contributed by atoms with Gasteiger partial charge in [0.1, 0.15) is 5.76 Å². The van der Waals surface area contributed by atoms with Crippen molar-refractivity contribution in [1.82, 2.24) is 0 Å². The number of ether oxygens (including phenoxy) is 1. The molecule has 14 heavy (non-hydrogen) atoms.